The number of benzene rings is 1. The van der Waals surface area contributed by atoms with E-state index in [0.717, 1.165) is 17.9 Å². The second-order valence-electron chi connectivity index (χ2n) is 6.19. The number of pyridine rings is 1. The number of carbonyl (C=O) groups excluding carboxylic acids is 1. The lowest BCUT2D eigenvalue weighted by Crippen LogP contribution is -2.61. The van der Waals surface area contributed by atoms with E-state index in [0.29, 0.717) is 12.1 Å². The van der Waals surface area contributed by atoms with Crippen LogP contribution < -0.4 is 15.4 Å². The van der Waals surface area contributed by atoms with Crippen LogP contribution in [0.15, 0.2) is 48.7 Å². The first-order valence-corrected chi connectivity index (χ1v) is 8.14. The molecule has 1 aromatic heterocycles. The number of anilines is 1. The molecule has 2 heterocycles. The highest BCUT2D eigenvalue weighted by atomic mass is 16.5. The first-order chi connectivity index (χ1) is 11.7. The molecule has 6 heteroatoms. The molecule has 2 aliphatic rings. The average molecular weight is 325 g/mol. The fraction of sp³-hybridized carbons (Fsp3) is 0.333. The molecule has 1 aliphatic carbocycles. The van der Waals surface area contributed by atoms with Gasteiger partial charge in [-0.2, -0.15) is 0 Å². The van der Waals surface area contributed by atoms with Crippen molar-refractivity contribution in [2.45, 2.75) is 37.1 Å². The SMILES string of the molecule is O=C(N[C@@H]1CC[C@H]2Oc3ccccc3N[C@H]2[C@@H]1O)c1ccccn1. The van der Waals surface area contributed by atoms with Crippen LogP contribution in [0.4, 0.5) is 5.69 Å². The van der Waals surface area contributed by atoms with E-state index in [-0.39, 0.29) is 24.1 Å². The van der Waals surface area contributed by atoms with Crippen LogP contribution >= 0.6 is 0 Å². The fourth-order valence-corrected chi connectivity index (χ4v) is 3.40. The van der Waals surface area contributed by atoms with E-state index in [4.69, 9.17) is 4.74 Å². The van der Waals surface area contributed by atoms with Gasteiger partial charge in [-0.3, -0.25) is 9.78 Å². The third-order valence-electron chi connectivity index (χ3n) is 4.64. The molecule has 4 rings (SSSR count). The maximum absolute atomic E-state index is 12.3. The number of ether oxygens (including phenoxy) is 1. The number of amides is 1. The van der Waals surface area contributed by atoms with Gasteiger partial charge in [-0.1, -0.05) is 18.2 Å². The molecule has 24 heavy (non-hydrogen) atoms. The van der Waals surface area contributed by atoms with Crippen LogP contribution in [0.1, 0.15) is 23.3 Å². The van der Waals surface area contributed by atoms with Gasteiger partial charge in [0.05, 0.1) is 23.9 Å². The number of aliphatic hydroxyl groups is 1. The van der Waals surface area contributed by atoms with Crippen LogP contribution in [0, 0.1) is 0 Å². The standard InChI is InChI=1S/C18H19N3O3/c22-17-12(21-18(23)13-6-3-4-10-19-13)8-9-15-16(17)20-11-5-1-2-7-14(11)24-15/h1-7,10,12,15-17,20,22H,8-9H2,(H,21,23)/t12-,15-,16-,17-/m1/s1. The van der Waals surface area contributed by atoms with E-state index in [1.165, 1.54) is 0 Å². The lowest BCUT2D eigenvalue weighted by atomic mass is 9.84. The molecule has 1 fully saturated rings. The van der Waals surface area contributed by atoms with Gasteiger partial charge in [0.25, 0.3) is 5.91 Å². The number of rotatable bonds is 2. The predicted molar refractivity (Wildman–Crippen MR) is 89.0 cm³/mol. The van der Waals surface area contributed by atoms with Crippen molar-refractivity contribution < 1.29 is 14.6 Å². The zero-order chi connectivity index (χ0) is 16.5. The molecule has 3 N–H and O–H groups in total. The summed E-state index contributed by atoms with van der Waals surface area (Å²) in [6.07, 6.45) is 2.17. The van der Waals surface area contributed by atoms with Gasteiger partial charge in [0.15, 0.2) is 0 Å². The summed E-state index contributed by atoms with van der Waals surface area (Å²) in [6, 6.07) is 12.3. The normalized spacial score (nSPS) is 27.9. The van der Waals surface area contributed by atoms with Gasteiger partial charge >= 0.3 is 0 Å². The minimum absolute atomic E-state index is 0.0992. The van der Waals surface area contributed by atoms with Crippen molar-refractivity contribution in [3.8, 4) is 5.75 Å². The molecule has 0 spiro atoms. The second kappa shape index (κ2) is 6.13. The summed E-state index contributed by atoms with van der Waals surface area (Å²) in [5.74, 6) is 0.539. The lowest BCUT2D eigenvalue weighted by Gasteiger charge is -2.44. The molecule has 1 amide bonds. The van der Waals surface area contributed by atoms with Gasteiger partial charge in [-0.25, -0.2) is 0 Å². The maximum atomic E-state index is 12.3. The molecule has 2 aromatic rings. The van der Waals surface area contributed by atoms with E-state index in [1.54, 1.807) is 24.4 Å². The highest BCUT2D eigenvalue weighted by Crippen LogP contribution is 2.36. The predicted octanol–water partition coefficient (Wildman–Crippen LogP) is 1.58. The van der Waals surface area contributed by atoms with Crippen molar-refractivity contribution in [3.63, 3.8) is 0 Å². The van der Waals surface area contributed by atoms with E-state index in [9.17, 15) is 9.90 Å². The Morgan fingerprint density at radius 3 is 2.88 bits per heavy atom. The molecular formula is C18H19N3O3. The van der Waals surface area contributed by atoms with Crippen LogP contribution in [0.3, 0.4) is 0 Å². The van der Waals surface area contributed by atoms with E-state index >= 15 is 0 Å². The Labute approximate surface area is 139 Å². The Hall–Kier alpha value is -2.60. The van der Waals surface area contributed by atoms with Gasteiger partial charge in [0.2, 0.25) is 0 Å². The molecular weight excluding hydrogens is 306 g/mol. The Morgan fingerprint density at radius 1 is 1.21 bits per heavy atom. The maximum Gasteiger partial charge on any atom is 0.270 e. The van der Waals surface area contributed by atoms with Gasteiger partial charge in [-0.05, 0) is 37.1 Å². The van der Waals surface area contributed by atoms with Crippen LogP contribution in [-0.2, 0) is 0 Å². The molecule has 0 radical (unpaired) electrons. The molecule has 6 nitrogen and oxygen atoms in total. The van der Waals surface area contributed by atoms with Crippen molar-refractivity contribution in [2.24, 2.45) is 0 Å². The Kier molecular flexibility index (Phi) is 3.82. The zero-order valence-electron chi connectivity index (χ0n) is 13.1. The summed E-state index contributed by atoms with van der Waals surface area (Å²) in [4.78, 5) is 16.3. The van der Waals surface area contributed by atoms with Crippen molar-refractivity contribution in [2.75, 3.05) is 5.32 Å². The minimum Gasteiger partial charge on any atom is -0.486 e. The summed E-state index contributed by atoms with van der Waals surface area (Å²) in [5.41, 5.74) is 1.22. The molecule has 1 aromatic carbocycles. The van der Waals surface area contributed by atoms with Gasteiger partial charge < -0.3 is 20.5 Å². The largest absolute Gasteiger partial charge is 0.486 e. The van der Waals surface area contributed by atoms with Crippen LogP contribution in [0.25, 0.3) is 0 Å². The summed E-state index contributed by atoms with van der Waals surface area (Å²) in [5, 5.41) is 17.0. The van der Waals surface area contributed by atoms with Crippen molar-refractivity contribution in [1.82, 2.24) is 10.3 Å². The number of fused-ring (bicyclic) bond motifs is 2. The average Bonchev–Trinajstić information content (AvgIpc) is 2.63. The molecule has 0 saturated heterocycles. The number of aliphatic hydroxyl groups excluding tert-OH is 1. The van der Waals surface area contributed by atoms with Crippen LogP contribution in [0.2, 0.25) is 0 Å². The number of para-hydroxylation sites is 2. The highest BCUT2D eigenvalue weighted by Gasteiger charge is 2.43. The minimum atomic E-state index is -0.732. The number of nitrogens with zero attached hydrogens (tertiary/aromatic N) is 1. The highest BCUT2D eigenvalue weighted by molar-refractivity contribution is 5.92. The Balaban J connectivity index is 1.48. The van der Waals surface area contributed by atoms with Crippen LogP contribution in [-0.4, -0.2) is 40.3 Å². The van der Waals surface area contributed by atoms with Gasteiger partial charge in [0.1, 0.15) is 17.5 Å². The molecule has 0 bridgehead atoms. The smallest absolute Gasteiger partial charge is 0.270 e. The Bertz CT molecular complexity index is 737. The monoisotopic (exact) mass is 325 g/mol. The third kappa shape index (κ3) is 2.69. The molecule has 124 valence electrons. The number of hydrogen-bond acceptors (Lipinski definition) is 5. The summed E-state index contributed by atoms with van der Waals surface area (Å²) in [7, 11) is 0. The van der Waals surface area contributed by atoms with Crippen LogP contribution in [0.5, 0.6) is 5.75 Å². The second-order valence-corrected chi connectivity index (χ2v) is 6.19. The van der Waals surface area contributed by atoms with Crippen molar-refractivity contribution in [1.29, 1.82) is 0 Å². The third-order valence-corrected chi connectivity index (χ3v) is 4.64. The number of aromatic nitrogens is 1. The van der Waals surface area contributed by atoms with E-state index < -0.39 is 6.10 Å². The number of carbonyl (C=O) groups is 1. The fourth-order valence-electron chi connectivity index (χ4n) is 3.40. The van der Waals surface area contributed by atoms with E-state index in [2.05, 4.69) is 15.6 Å². The molecule has 4 atom stereocenters. The zero-order valence-corrected chi connectivity index (χ0v) is 13.1. The number of hydrogen-bond donors (Lipinski definition) is 3. The van der Waals surface area contributed by atoms with E-state index in [1.807, 2.05) is 24.3 Å². The quantitative estimate of drug-likeness (QED) is 0.781. The first-order valence-electron chi connectivity index (χ1n) is 8.14. The first kappa shape index (κ1) is 15.0. The summed E-state index contributed by atoms with van der Waals surface area (Å²) in [6.45, 7) is 0. The van der Waals surface area contributed by atoms with Gasteiger partial charge in [-0.15, -0.1) is 0 Å². The van der Waals surface area contributed by atoms with Crippen molar-refractivity contribution >= 4 is 11.6 Å². The number of nitrogens with one attached hydrogen (secondary N) is 2. The summed E-state index contributed by atoms with van der Waals surface area (Å²) >= 11 is 0. The lowest BCUT2D eigenvalue weighted by molar-refractivity contribution is 0.00953. The molecule has 1 saturated carbocycles. The van der Waals surface area contributed by atoms with Crippen molar-refractivity contribution in [3.05, 3.63) is 54.4 Å². The molecule has 1 aliphatic heterocycles. The summed E-state index contributed by atoms with van der Waals surface area (Å²) < 4.78 is 6.00. The molecule has 0 unspecified atom stereocenters. The Morgan fingerprint density at radius 2 is 2.04 bits per heavy atom. The topological polar surface area (TPSA) is 83.5 Å². The van der Waals surface area contributed by atoms with Gasteiger partial charge in [0, 0.05) is 6.20 Å².